The molecule has 2 atom stereocenters. The molecule has 0 amide bonds. The van der Waals surface area contributed by atoms with E-state index in [0.29, 0.717) is 5.92 Å². The predicted octanol–water partition coefficient (Wildman–Crippen LogP) is 2.35. The van der Waals surface area contributed by atoms with Crippen LogP contribution in [0.3, 0.4) is 0 Å². The summed E-state index contributed by atoms with van der Waals surface area (Å²) in [5.74, 6) is 0.292. The van der Waals surface area contributed by atoms with E-state index in [1.165, 1.54) is 5.56 Å². The molecule has 0 saturated carbocycles. The van der Waals surface area contributed by atoms with Gasteiger partial charge in [-0.3, -0.25) is 0 Å². The fourth-order valence-electron chi connectivity index (χ4n) is 2.26. The van der Waals surface area contributed by atoms with Crippen molar-refractivity contribution in [3.05, 3.63) is 34.3 Å². The summed E-state index contributed by atoms with van der Waals surface area (Å²) in [4.78, 5) is 0. The summed E-state index contributed by atoms with van der Waals surface area (Å²) >= 11 is 3.56. The second-order valence-corrected chi connectivity index (χ2v) is 5.66. The lowest BCUT2D eigenvalue weighted by atomic mass is 9.79. The Hall–Kier alpha value is -0.380. The van der Waals surface area contributed by atoms with Crippen LogP contribution >= 0.6 is 15.9 Å². The van der Waals surface area contributed by atoms with Gasteiger partial charge in [-0.2, -0.15) is 0 Å². The van der Waals surface area contributed by atoms with Crippen molar-refractivity contribution < 1.29 is 5.11 Å². The first kappa shape index (κ1) is 12.1. The molecule has 1 heterocycles. The summed E-state index contributed by atoms with van der Waals surface area (Å²) in [7, 11) is 0. The molecule has 0 aliphatic carbocycles. The van der Waals surface area contributed by atoms with Crippen LogP contribution in [-0.2, 0) is 6.42 Å². The summed E-state index contributed by atoms with van der Waals surface area (Å²) in [5.41, 5.74) is 0.733. The Labute approximate surface area is 105 Å². The van der Waals surface area contributed by atoms with Gasteiger partial charge < -0.3 is 10.4 Å². The Balaban J connectivity index is 2.12. The molecular formula is C13H18BrNO. The van der Waals surface area contributed by atoms with Crippen LogP contribution in [0, 0.1) is 5.92 Å². The molecule has 1 aliphatic heterocycles. The van der Waals surface area contributed by atoms with Crippen LogP contribution in [0.5, 0.6) is 0 Å². The molecule has 16 heavy (non-hydrogen) atoms. The topological polar surface area (TPSA) is 32.3 Å². The summed E-state index contributed by atoms with van der Waals surface area (Å²) < 4.78 is 1.14. The van der Waals surface area contributed by atoms with E-state index in [-0.39, 0.29) is 0 Å². The van der Waals surface area contributed by atoms with E-state index in [2.05, 4.69) is 33.4 Å². The van der Waals surface area contributed by atoms with Crippen molar-refractivity contribution in [2.24, 2.45) is 5.92 Å². The fourth-order valence-corrected chi connectivity index (χ4v) is 2.71. The number of nitrogens with one attached hydrogen (secondary N) is 1. The zero-order chi connectivity index (χ0) is 11.6. The maximum absolute atomic E-state index is 10.3. The van der Waals surface area contributed by atoms with Crippen molar-refractivity contribution in [2.45, 2.75) is 25.4 Å². The Morgan fingerprint density at radius 1 is 1.50 bits per heavy atom. The monoisotopic (exact) mass is 283 g/mol. The first-order valence-corrected chi connectivity index (χ1v) is 6.55. The first-order chi connectivity index (χ1) is 7.59. The number of rotatable bonds is 2. The van der Waals surface area contributed by atoms with Crippen LogP contribution in [0.1, 0.15) is 18.9 Å². The molecule has 0 radical (unpaired) electrons. The van der Waals surface area contributed by atoms with Crippen molar-refractivity contribution in [3.8, 4) is 0 Å². The van der Waals surface area contributed by atoms with Gasteiger partial charge in [-0.1, -0.05) is 34.1 Å². The van der Waals surface area contributed by atoms with Gasteiger partial charge >= 0.3 is 0 Å². The Bertz CT molecular complexity index is 365. The van der Waals surface area contributed by atoms with Gasteiger partial charge in [-0.15, -0.1) is 0 Å². The van der Waals surface area contributed by atoms with Crippen LogP contribution in [0.4, 0.5) is 0 Å². The van der Waals surface area contributed by atoms with Crippen molar-refractivity contribution in [2.75, 3.05) is 13.1 Å². The van der Waals surface area contributed by atoms with Crippen LogP contribution < -0.4 is 5.32 Å². The van der Waals surface area contributed by atoms with E-state index in [1.807, 2.05) is 19.1 Å². The SMILES string of the molecule is CC1(O)CCNCC1Cc1ccccc1Br. The molecule has 0 aromatic heterocycles. The lowest BCUT2D eigenvalue weighted by Crippen LogP contribution is -2.49. The van der Waals surface area contributed by atoms with Crippen LogP contribution in [0.15, 0.2) is 28.7 Å². The zero-order valence-electron chi connectivity index (χ0n) is 9.54. The van der Waals surface area contributed by atoms with Crippen LogP contribution in [0.25, 0.3) is 0 Å². The van der Waals surface area contributed by atoms with E-state index < -0.39 is 5.60 Å². The third-order valence-electron chi connectivity index (χ3n) is 3.50. The fraction of sp³-hybridized carbons (Fsp3) is 0.538. The largest absolute Gasteiger partial charge is 0.390 e. The zero-order valence-corrected chi connectivity index (χ0v) is 11.1. The molecule has 2 unspecified atom stereocenters. The summed E-state index contributed by atoms with van der Waals surface area (Å²) in [6, 6.07) is 8.24. The molecule has 2 rings (SSSR count). The van der Waals surface area contributed by atoms with Crippen LogP contribution in [-0.4, -0.2) is 23.8 Å². The number of hydrogen-bond donors (Lipinski definition) is 2. The number of benzene rings is 1. The lowest BCUT2D eigenvalue weighted by Gasteiger charge is -2.37. The minimum absolute atomic E-state index is 0.292. The van der Waals surface area contributed by atoms with E-state index in [9.17, 15) is 5.11 Å². The predicted molar refractivity (Wildman–Crippen MR) is 69.4 cm³/mol. The highest BCUT2D eigenvalue weighted by atomic mass is 79.9. The maximum Gasteiger partial charge on any atom is 0.0675 e. The number of piperidine rings is 1. The molecule has 1 saturated heterocycles. The van der Waals surface area contributed by atoms with Gasteiger partial charge in [-0.05, 0) is 37.9 Å². The Kier molecular flexibility index (Phi) is 3.67. The molecule has 1 aromatic carbocycles. The van der Waals surface area contributed by atoms with E-state index in [0.717, 1.165) is 30.4 Å². The molecule has 0 spiro atoms. The van der Waals surface area contributed by atoms with Crippen molar-refractivity contribution >= 4 is 15.9 Å². The Morgan fingerprint density at radius 3 is 2.94 bits per heavy atom. The molecular weight excluding hydrogens is 266 g/mol. The average Bonchev–Trinajstić information content (AvgIpc) is 2.24. The minimum Gasteiger partial charge on any atom is -0.390 e. The molecule has 2 N–H and O–H groups in total. The highest BCUT2D eigenvalue weighted by molar-refractivity contribution is 9.10. The molecule has 88 valence electrons. The highest BCUT2D eigenvalue weighted by Gasteiger charge is 2.34. The van der Waals surface area contributed by atoms with Gasteiger partial charge in [0.15, 0.2) is 0 Å². The molecule has 2 nitrogen and oxygen atoms in total. The van der Waals surface area contributed by atoms with Crippen molar-refractivity contribution in [1.82, 2.24) is 5.32 Å². The van der Waals surface area contributed by atoms with Crippen molar-refractivity contribution in [1.29, 1.82) is 0 Å². The lowest BCUT2D eigenvalue weighted by molar-refractivity contribution is -0.0234. The number of halogens is 1. The first-order valence-electron chi connectivity index (χ1n) is 5.76. The number of aliphatic hydroxyl groups is 1. The Morgan fingerprint density at radius 2 is 2.25 bits per heavy atom. The summed E-state index contributed by atoms with van der Waals surface area (Å²) in [6.45, 7) is 3.77. The maximum atomic E-state index is 10.3. The van der Waals surface area contributed by atoms with Gasteiger partial charge in [0.25, 0.3) is 0 Å². The van der Waals surface area contributed by atoms with Gasteiger partial charge in [0.2, 0.25) is 0 Å². The third-order valence-corrected chi connectivity index (χ3v) is 4.28. The molecule has 1 fully saturated rings. The molecule has 0 bridgehead atoms. The number of hydrogen-bond acceptors (Lipinski definition) is 2. The molecule has 3 heteroatoms. The second-order valence-electron chi connectivity index (χ2n) is 4.80. The van der Waals surface area contributed by atoms with Crippen molar-refractivity contribution in [3.63, 3.8) is 0 Å². The second kappa shape index (κ2) is 4.86. The van der Waals surface area contributed by atoms with Gasteiger partial charge in [-0.25, -0.2) is 0 Å². The molecule has 1 aromatic rings. The van der Waals surface area contributed by atoms with Gasteiger partial charge in [0.1, 0.15) is 0 Å². The van der Waals surface area contributed by atoms with E-state index in [4.69, 9.17) is 0 Å². The third kappa shape index (κ3) is 2.65. The summed E-state index contributed by atoms with van der Waals surface area (Å²) in [5, 5.41) is 13.7. The van der Waals surface area contributed by atoms with Crippen LogP contribution in [0.2, 0.25) is 0 Å². The average molecular weight is 284 g/mol. The standard InChI is InChI=1S/C13H18BrNO/c1-13(16)6-7-15-9-11(13)8-10-4-2-3-5-12(10)14/h2-5,11,15-16H,6-9H2,1H3. The van der Waals surface area contributed by atoms with Gasteiger partial charge in [0, 0.05) is 16.9 Å². The normalized spacial score (nSPS) is 30.3. The quantitative estimate of drug-likeness (QED) is 0.873. The van der Waals surface area contributed by atoms with Gasteiger partial charge in [0.05, 0.1) is 5.60 Å². The highest BCUT2D eigenvalue weighted by Crippen LogP contribution is 2.29. The summed E-state index contributed by atoms with van der Waals surface area (Å²) in [6.07, 6.45) is 1.75. The molecule has 1 aliphatic rings. The van der Waals surface area contributed by atoms with E-state index in [1.54, 1.807) is 0 Å². The minimum atomic E-state index is -0.541. The smallest absolute Gasteiger partial charge is 0.0675 e. The van der Waals surface area contributed by atoms with E-state index >= 15 is 0 Å².